The minimum atomic E-state index is -3.43. The minimum absolute atomic E-state index is 0.0182. The number of nitrogens with zero attached hydrogens (tertiary/aromatic N) is 7. The molecule has 2 aliphatic rings. The van der Waals surface area contributed by atoms with E-state index in [1.165, 1.54) is 28.1 Å². The molecule has 6 rings (SSSR count). The van der Waals surface area contributed by atoms with E-state index in [-0.39, 0.29) is 29.1 Å². The SMILES string of the molecule is C[C@@H](O[C@@H]1CO[PH](=O)O[C@@H]2[C@H](F)C(OPC[C@H]1F)O[C@H]2n1cnc2c(=O)[nH]c(N)nc21)n1cnc2c(N)ncnc21. The Hall–Kier alpha value is -3.18. The number of halogens is 2. The summed E-state index contributed by atoms with van der Waals surface area (Å²) in [5, 5.41) is 0. The van der Waals surface area contributed by atoms with Crippen LogP contribution in [0.15, 0.2) is 23.8 Å². The van der Waals surface area contributed by atoms with Gasteiger partial charge in [-0.25, -0.2) is 28.7 Å². The van der Waals surface area contributed by atoms with Crippen LogP contribution in [0.5, 0.6) is 0 Å². The maximum absolute atomic E-state index is 15.4. The predicted molar refractivity (Wildman–Crippen MR) is 140 cm³/mol. The molecule has 9 atom stereocenters. The van der Waals surface area contributed by atoms with Gasteiger partial charge in [0.1, 0.15) is 36.5 Å². The Morgan fingerprint density at radius 3 is 2.83 bits per heavy atom. The van der Waals surface area contributed by atoms with Crippen molar-refractivity contribution < 1.29 is 36.4 Å². The first-order valence-electron chi connectivity index (χ1n) is 12.2. The lowest BCUT2D eigenvalue weighted by Gasteiger charge is -2.27. The van der Waals surface area contributed by atoms with Crippen molar-refractivity contribution in [2.75, 3.05) is 24.2 Å². The van der Waals surface area contributed by atoms with Gasteiger partial charge < -0.3 is 30.0 Å². The van der Waals surface area contributed by atoms with E-state index in [4.69, 9.17) is 34.5 Å². The van der Waals surface area contributed by atoms with E-state index in [1.807, 2.05) is 0 Å². The number of hydrogen-bond acceptors (Lipinski definition) is 14. The number of nitrogens with one attached hydrogen (secondary N) is 1. The summed E-state index contributed by atoms with van der Waals surface area (Å²) in [7, 11) is -3.98. The molecule has 0 radical (unpaired) electrons. The number of rotatable bonds is 4. The van der Waals surface area contributed by atoms with Crippen LogP contribution in [0.4, 0.5) is 20.5 Å². The van der Waals surface area contributed by atoms with Crippen molar-refractivity contribution in [2.24, 2.45) is 0 Å². The average molecular weight is 616 g/mol. The van der Waals surface area contributed by atoms with Gasteiger partial charge in [-0.1, -0.05) is 0 Å². The average Bonchev–Trinajstić information content (AvgIpc) is 3.63. The summed E-state index contributed by atoms with van der Waals surface area (Å²) in [6.45, 7) is 1.14. The van der Waals surface area contributed by atoms with Crippen LogP contribution in [0.25, 0.3) is 22.3 Å². The van der Waals surface area contributed by atoms with Crippen LogP contribution >= 0.6 is 17.1 Å². The summed E-state index contributed by atoms with van der Waals surface area (Å²) in [6, 6.07) is 0. The highest BCUT2D eigenvalue weighted by atomic mass is 31.1. The fourth-order valence-corrected chi connectivity index (χ4v) is 6.20. The number of H-pyrrole nitrogens is 1. The van der Waals surface area contributed by atoms with Crippen molar-refractivity contribution in [1.82, 2.24) is 39.0 Å². The second-order valence-electron chi connectivity index (χ2n) is 9.10. The van der Waals surface area contributed by atoms with Crippen molar-refractivity contribution in [1.29, 1.82) is 0 Å². The van der Waals surface area contributed by atoms with Crippen LogP contribution < -0.4 is 17.0 Å². The topological polar surface area (TPSA) is 222 Å². The first kappa shape index (κ1) is 28.0. The van der Waals surface area contributed by atoms with Gasteiger partial charge in [0, 0.05) is 15.0 Å². The Morgan fingerprint density at radius 1 is 1.20 bits per heavy atom. The molecule has 3 unspecified atom stereocenters. The lowest BCUT2D eigenvalue weighted by molar-refractivity contribution is -0.109. The van der Waals surface area contributed by atoms with Crippen molar-refractivity contribution in [3.8, 4) is 0 Å². The fraction of sp³-hybridized carbons (Fsp3) is 0.500. The van der Waals surface area contributed by atoms with Crippen LogP contribution in [0, 0.1) is 0 Å². The number of nitrogen functional groups attached to an aromatic ring is 2. The molecule has 41 heavy (non-hydrogen) atoms. The van der Waals surface area contributed by atoms with Gasteiger partial charge in [-0.2, -0.15) is 4.98 Å². The number of nitrogens with two attached hydrogens (primary N) is 2. The first-order valence-corrected chi connectivity index (χ1v) is 14.5. The van der Waals surface area contributed by atoms with E-state index in [2.05, 4.69) is 29.9 Å². The normalized spacial score (nSPS) is 30.9. The van der Waals surface area contributed by atoms with E-state index in [0.717, 1.165) is 0 Å². The summed E-state index contributed by atoms with van der Waals surface area (Å²) in [5.41, 5.74) is 11.5. The number of imidazole rings is 2. The van der Waals surface area contributed by atoms with Gasteiger partial charge in [0.2, 0.25) is 5.95 Å². The molecule has 17 nitrogen and oxygen atoms in total. The molecular formula is C20H24F2N10O7P2. The Kier molecular flexibility index (Phi) is 7.67. The maximum atomic E-state index is 15.4. The second kappa shape index (κ2) is 11.2. The third kappa shape index (κ3) is 5.30. The Labute approximate surface area is 230 Å². The van der Waals surface area contributed by atoms with Crippen molar-refractivity contribution in [3.05, 3.63) is 29.3 Å². The van der Waals surface area contributed by atoms with Crippen LogP contribution in [-0.2, 0) is 27.6 Å². The molecule has 4 aromatic heterocycles. The van der Waals surface area contributed by atoms with Crippen molar-refractivity contribution in [3.63, 3.8) is 0 Å². The number of alkyl halides is 2. The predicted octanol–water partition coefficient (Wildman–Crippen LogP) is 0.974. The lowest BCUT2D eigenvalue weighted by atomic mass is 10.2. The second-order valence-corrected chi connectivity index (χ2v) is 11.1. The molecular weight excluding hydrogens is 592 g/mol. The summed E-state index contributed by atoms with van der Waals surface area (Å²) in [4.78, 5) is 34.7. The number of fused-ring (bicyclic) bond motifs is 4. The van der Waals surface area contributed by atoms with Gasteiger partial charge in [-0.05, 0) is 6.92 Å². The van der Waals surface area contributed by atoms with E-state index >= 15 is 8.78 Å². The van der Waals surface area contributed by atoms with E-state index in [0.29, 0.717) is 11.2 Å². The molecule has 220 valence electrons. The molecule has 6 heterocycles. The minimum Gasteiger partial charge on any atom is -0.382 e. The van der Waals surface area contributed by atoms with Crippen molar-refractivity contribution in [2.45, 2.75) is 50.2 Å². The summed E-state index contributed by atoms with van der Waals surface area (Å²) in [6.07, 6.45) is -6.30. The lowest BCUT2D eigenvalue weighted by Crippen LogP contribution is -2.35. The number of aromatic amines is 1. The molecule has 4 aromatic rings. The quantitative estimate of drug-likeness (QED) is 0.272. The standard InChI is InChI=1S/C20H24F2N10O7P2/c1-7(31-5-27-11-14(23)25-4-26-15(11)31)36-9-2-35-41(34)39-13-10(22)19(38-40-3-8(9)21)37-18(13)32-6-28-12-16(32)29-20(24)30-17(12)33/h4-10,13,18-19,40-41H,2-3H2,1H3,(H2,23,25,26)(H3,24,29,30,33)/t7-,8-,9-,10+,13-,18-,19?/m1/s1. The Morgan fingerprint density at radius 2 is 2.00 bits per heavy atom. The molecule has 0 aromatic carbocycles. The maximum Gasteiger partial charge on any atom is 0.319 e. The molecule has 21 heteroatoms. The Bertz CT molecular complexity index is 1660. The molecule has 5 N–H and O–H groups in total. The van der Waals surface area contributed by atoms with Crippen LogP contribution in [0.1, 0.15) is 19.4 Å². The fourth-order valence-electron chi connectivity index (χ4n) is 4.49. The number of anilines is 2. The van der Waals surface area contributed by atoms with Crippen LogP contribution in [-0.4, -0.2) is 82.6 Å². The molecule has 0 saturated carbocycles. The monoisotopic (exact) mass is 616 g/mol. The van der Waals surface area contributed by atoms with Gasteiger partial charge in [0.25, 0.3) is 5.56 Å². The Balaban J connectivity index is 1.22. The zero-order valence-corrected chi connectivity index (χ0v) is 23.1. The first-order chi connectivity index (χ1) is 19.7. The molecule has 0 spiro atoms. The van der Waals surface area contributed by atoms with Gasteiger partial charge >= 0.3 is 8.25 Å². The summed E-state index contributed by atoms with van der Waals surface area (Å²) in [5.74, 6) is -0.0359. The zero-order valence-electron chi connectivity index (χ0n) is 21.1. The van der Waals surface area contributed by atoms with E-state index < -0.39 is 72.5 Å². The number of hydrogen-bond donors (Lipinski definition) is 3. The smallest absolute Gasteiger partial charge is 0.319 e. The van der Waals surface area contributed by atoms with Gasteiger partial charge in [-0.3, -0.25) is 28.0 Å². The summed E-state index contributed by atoms with van der Waals surface area (Å²) >= 11 is 0. The molecule has 2 saturated heterocycles. The van der Waals surface area contributed by atoms with E-state index in [9.17, 15) is 9.36 Å². The van der Waals surface area contributed by atoms with Gasteiger partial charge in [0.05, 0.1) is 19.3 Å². The third-order valence-corrected chi connectivity index (χ3v) is 8.31. The summed E-state index contributed by atoms with van der Waals surface area (Å²) < 4.78 is 74.3. The largest absolute Gasteiger partial charge is 0.382 e. The highest BCUT2D eigenvalue weighted by molar-refractivity contribution is 7.33. The molecule has 2 aliphatic heterocycles. The molecule has 0 amide bonds. The number of ether oxygens (including phenoxy) is 2. The molecule has 2 bridgehead atoms. The van der Waals surface area contributed by atoms with Crippen LogP contribution in [0.2, 0.25) is 0 Å². The van der Waals surface area contributed by atoms with E-state index in [1.54, 1.807) is 6.92 Å². The van der Waals surface area contributed by atoms with Gasteiger partial charge in [0.15, 0.2) is 41.3 Å². The van der Waals surface area contributed by atoms with Gasteiger partial charge in [-0.15, -0.1) is 0 Å². The zero-order chi connectivity index (χ0) is 28.8. The molecule has 2 fully saturated rings. The highest BCUT2D eigenvalue weighted by Gasteiger charge is 2.50. The van der Waals surface area contributed by atoms with Crippen LogP contribution in [0.3, 0.4) is 0 Å². The van der Waals surface area contributed by atoms with Crippen molar-refractivity contribution >= 4 is 51.2 Å². The molecule has 0 aliphatic carbocycles. The number of aromatic nitrogens is 8. The highest BCUT2D eigenvalue weighted by Crippen LogP contribution is 2.43. The third-order valence-electron chi connectivity index (χ3n) is 6.48.